The highest BCUT2D eigenvalue weighted by atomic mass is 16.4. The van der Waals surface area contributed by atoms with Crippen LogP contribution in [0.5, 0.6) is 0 Å². The summed E-state index contributed by atoms with van der Waals surface area (Å²) in [5.74, 6) is -0.397. The summed E-state index contributed by atoms with van der Waals surface area (Å²) in [6.07, 6.45) is 3.96. The van der Waals surface area contributed by atoms with Crippen LogP contribution in [-0.4, -0.2) is 21.3 Å². The van der Waals surface area contributed by atoms with Crippen LogP contribution in [0.1, 0.15) is 16.7 Å². The number of aliphatic imine (C=N–C) groups is 1. The minimum absolute atomic E-state index is 0.397. The second-order valence-corrected chi connectivity index (χ2v) is 8.25. The molecule has 0 saturated carbocycles. The van der Waals surface area contributed by atoms with Gasteiger partial charge in [-0.2, -0.15) is 5.26 Å². The van der Waals surface area contributed by atoms with Gasteiger partial charge in [0.15, 0.2) is 5.58 Å². The Kier molecular flexibility index (Phi) is 6.06. The first-order valence-corrected chi connectivity index (χ1v) is 11.2. The number of aryl methyl sites for hydroxylation is 1. The van der Waals surface area contributed by atoms with E-state index in [0.717, 1.165) is 33.5 Å². The molecule has 6 nitrogen and oxygen atoms in total. The van der Waals surface area contributed by atoms with Crippen LogP contribution >= 0.6 is 0 Å². The van der Waals surface area contributed by atoms with E-state index in [4.69, 9.17) is 9.41 Å². The Bertz CT molecular complexity index is 1570. The molecular weight excluding hydrogens is 436 g/mol. The van der Waals surface area contributed by atoms with Crippen LogP contribution in [0.3, 0.4) is 0 Å². The van der Waals surface area contributed by atoms with Gasteiger partial charge in [-0.25, -0.2) is 4.79 Å². The Hall–Kier alpha value is -4.76. The van der Waals surface area contributed by atoms with Gasteiger partial charge in [0, 0.05) is 42.6 Å². The number of hydrogen-bond acceptors (Lipinski definition) is 5. The number of pyridine rings is 1. The summed E-state index contributed by atoms with van der Waals surface area (Å²) < 4.78 is 6.71. The maximum atomic E-state index is 11.8. The summed E-state index contributed by atoms with van der Waals surface area (Å²) in [5, 5.41) is 9.95. The number of hydrogen-bond donors (Lipinski definition) is 0. The quantitative estimate of drug-likeness (QED) is 0.329. The van der Waals surface area contributed by atoms with Gasteiger partial charge in [0.05, 0.1) is 17.3 Å². The Labute approximate surface area is 202 Å². The zero-order valence-corrected chi connectivity index (χ0v) is 19.1. The SMILES string of the molecule is Cn1c(=O)oc2ccc(-c3cncc(CC(C#N)N=C(c4ccccc4)c4ccccc4)c3)cc21. The van der Waals surface area contributed by atoms with Crippen LogP contribution in [0.15, 0.2) is 112 Å². The molecule has 1 unspecified atom stereocenters. The molecule has 2 aromatic heterocycles. The van der Waals surface area contributed by atoms with E-state index in [9.17, 15) is 10.1 Å². The summed E-state index contributed by atoms with van der Waals surface area (Å²) in [4.78, 5) is 21.1. The maximum absolute atomic E-state index is 11.8. The van der Waals surface area contributed by atoms with Gasteiger partial charge in [0.25, 0.3) is 0 Å². The van der Waals surface area contributed by atoms with Gasteiger partial charge >= 0.3 is 5.76 Å². The van der Waals surface area contributed by atoms with Gasteiger partial charge in [-0.05, 0) is 29.3 Å². The smallest absolute Gasteiger partial charge is 0.408 e. The van der Waals surface area contributed by atoms with Crippen LogP contribution in [0.4, 0.5) is 0 Å². The Balaban J connectivity index is 1.48. The predicted octanol–water partition coefficient (Wildman–Crippen LogP) is 5.17. The van der Waals surface area contributed by atoms with Crippen molar-refractivity contribution in [3.63, 3.8) is 0 Å². The van der Waals surface area contributed by atoms with Gasteiger partial charge in [-0.1, -0.05) is 66.7 Å². The zero-order chi connectivity index (χ0) is 24.2. The minimum Gasteiger partial charge on any atom is -0.408 e. The van der Waals surface area contributed by atoms with E-state index >= 15 is 0 Å². The van der Waals surface area contributed by atoms with Crippen LogP contribution in [0.2, 0.25) is 0 Å². The van der Waals surface area contributed by atoms with Crippen molar-refractivity contribution in [1.29, 1.82) is 5.26 Å². The number of aromatic nitrogens is 2. The molecule has 5 rings (SSSR count). The van der Waals surface area contributed by atoms with Crippen molar-refractivity contribution in [3.05, 3.63) is 125 Å². The number of nitrogens with zero attached hydrogens (tertiary/aromatic N) is 4. The first-order valence-electron chi connectivity index (χ1n) is 11.2. The third kappa shape index (κ3) is 4.66. The maximum Gasteiger partial charge on any atom is 0.419 e. The Morgan fingerprint density at radius 2 is 1.66 bits per heavy atom. The molecule has 0 bridgehead atoms. The molecule has 35 heavy (non-hydrogen) atoms. The molecule has 3 aromatic carbocycles. The highest BCUT2D eigenvalue weighted by molar-refractivity contribution is 6.13. The van der Waals surface area contributed by atoms with E-state index in [1.165, 1.54) is 4.57 Å². The third-order valence-corrected chi connectivity index (χ3v) is 5.88. The van der Waals surface area contributed by atoms with Crippen molar-refractivity contribution in [2.45, 2.75) is 12.5 Å². The van der Waals surface area contributed by atoms with Crippen LogP contribution in [-0.2, 0) is 13.5 Å². The molecule has 6 heteroatoms. The van der Waals surface area contributed by atoms with E-state index in [1.807, 2.05) is 78.9 Å². The highest BCUT2D eigenvalue weighted by Gasteiger charge is 2.14. The summed E-state index contributed by atoms with van der Waals surface area (Å²) in [7, 11) is 1.68. The van der Waals surface area contributed by atoms with Crippen LogP contribution < -0.4 is 5.76 Å². The van der Waals surface area contributed by atoms with Crippen molar-refractivity contribution in [1.82, 2.24) is 9.55 Å². The highest BCUT2D eigenvalue weighted by Crippen LogP contribution is 2.25. The lowest BCUT2D eigenvalue weighted by molar-refractivity contribution is 0.528. The van der Waals surface area contributed by atoms with Crippen LogP contribution in [0.25, 0.3) is 22.2 Å². The van der Waals surface area contributed by atoms with E-state index in [1.54, 1.807) is 25.5 Å². The molecule has 0 fully saturated rings. The number of oxazole rings is 1. The number of nitriles is 1. The fourth-order valence-electron chi connectivity index (χ4n) is 4.07. The summed E-state index contributed by atoms with van der Waals surface area (Å²) in [6, 6.07) is 29.2. The molecule has 1 atom stereocenters. The lowest BCUT2D eigenvalue weighted by atomic mass is 10.00. The molecule has 0 saturated heterocycles. The topological polar surface area (TPSA) is 84.2 Å². The largest absolute Gasteiger partial charge is 0.419 e. The lowest BCUT2D eigenvalue weighted by Gasteiger charge is -2.12. The molecule has 2 heterocycles. The number of fused-ring (bicyclic) bond motifs is 1. The molecular formula is C29H22N4O2. The van der Waals surface area contributed by atoms with Gasteiger partial charge in [-0.3, -0.25) is 14.5 Å². The molecule has 0 spiro atoms. The van der Waals surface area contributed by atoms with Crippen molar-refractivity contribution < 1.29 is 4.42 Å². The fourth-order valence-corrected chi connectivity index (χ4v) is 4.07. The summed E-state index contributed by atoms with van der Waals surface area (Å²) in [6.45, 7) is 0. The zero-order valence-electron chi connectivity index (χ0n) is 19.1. The fraction of sp³-hybridized carbons (Fsp3) is 0.103. The van der Waals surface area contributed by atoms with Crippen molar-refractivity contribution in [2.75, 3.05) is 0 Å². The monoisotopic (exact) mass is 458 g/mol. The molecule has 5 aromatic rings. The lowest BCUT2D eigenvalue weighted by Crippen LogP contribution is -2.13. The summed E-state index contributed by atoms with van der Waals surface area (Å²) >= 11 is 0. The molecule has 0 aliphatic carbocycles. The number of benzene rings is 3. The van der Waals surface area contributed by atoms with Gasteiger partial charge in [-0.15, -0.1) is 0 Å². The van der Waals surface area contributed by atoms with E-state index in [2.05, 4.69) is 11.1 Å². The first-order chi connectivity index (χ1) is 17.1. The second kappa shape index (κ2) is 9.62. The minimum atomic E-state index is -0.584. The average molecular weight is 459 g/mol. The Morgan fingerprint density at radius 1 is 0.971 bits per heavy atom. The summed E-state index contributed by atoms with van der Waals surface area (Å²) in [5.41, 5.74) is 6.67. The molecule has 170 valence electrons. The van der Waals surface area contributed by atoms with Gasteiger partial charge in [0.1, 0.15) is 6.04 Å². The van der Waals surface area contributed by atoms with E-state index < -0.39 is 11.8 Å². The molecule has 0 amide bonds. The number of rotatable bonds is 6. The third-order valence-electron chi connectivity index (χ3n) is 5.88. The van der Waals surface area contributed by atoms with E-state index in [0.29, 0.717) is 17.5 Å². The van der Waals surface area contributed by atoms with Crippen molar-refractivity contribution in [3.8, 4) is 17.2 Å². The van der Waals surface area contributed by atoms with Crippen molar-refractivity contribution >= 4 is 16.8 Å². The van der Waals surface area contributed by atoms with Gasteiger partial charge < -0.3 is 4.42 Å². The normalized spacial score (nSPS) is 11.7. The van der Waals surface area contributed by atoms with Crippen LogP contribution in [0, 0.1) is 11.3 Å². The first kappa shape index (κ1) is 22.1. The van der Waals surface area contributed by atoms with Crippen molar-refractivity contribution in [2.24, 2.45) is 12.0 Å². The standard InChI is InChI=1S/C29H22N4O2/c1-33-26-16-23(12-13-27(26)35-29(33)34)24-14-20(18-31-19-24)15-25(17-30)32-28(21-8-4-2-5-9-21)22-10-6-3-7-11-22/h2-14,16,18-19,25H,15H2,1H3. The van der Waals surface area contributed by atoms with E-state index in [-0.39, 0.29) is 0 Å². The molecule has 0 N–H and O–H groups in total. The molecule has 0 aliphatic rings. The van der Waals surface area contributed by atoms with Gasteiger partial charge in [0.2, 0.25) is 0 Å². The molecule has 0 radical (unpaired) electrons. The molecule has 0 aliphatic heterocycles. The average Bonchev–Trinajstić information content (AvgIpc) is 3.20. The second-order valence-electron chi connectivity index (χ2n) is 8.25. The predicted molar refractivity (Wildman–Crippen MR) is 136 cm³/mol. The Morgan fingerprint density at radius 3 is 2.31 bits per heavy atom.